The molecule has 0 saturated carbocycles. The van der Waals surface area contributed by atoms with E-state index in [2.05, 4.69) is 9.72 Å². The maximum atomic E-state index is 13.2. The summed E-state index contributed by atoms with van der Waals surface area (Å²) in [6.45, 7) is 0. The number of ether oxygens (including phenoxy) is 1. The van der Waals surface area contributed by atoms with Crippen LogP contribution < -0.4 is 9.64 Å². The molecule has 1 fully saturated rings. The van der Waals surface area contributed by atoms with E-state index in [9.17, 15) is 27.9 Å². The van der Waals surface area contributed by atoms with Crippen LogP contribution in [-0.4, -0.2) is 28.1 Å². The molecule has 9 heteroatoms. The number of ketones is 1. The van der Waals surface area contributed by atoms with Crippen molar-refractivity contribution >= 4 is 33.9 Å². The number of benzene rings is 3. The van der Waals surface area contributed by atoms with Crippen molar-refractivity contribution in [2.75, 3.05) is 4.90 Å². The molecule has 4 aromatic rings. The van der Waals surface area contributed by atoms with Crippen molar-refractivity contribution in [2.24, 2.45) is 0 Å². The highest BCUT2D eigenvalue weighted by atomic mass is 19.4. The van der Waals surface area contributed by atoms with Gasteiger partial charge in [-0.1, -0.05) is 42.5 Å². The number of hydrogen-bond donors (Lipinski definition) is 1. The van der Waals surface area contributed by atoms with Crippen LogP contribution in [0.15, 0.2) is 96.8 Å². The first-order valence-electron chi connectivity index (χ1n) is 10.8. The molecule has 1 aliphatic heterocycles. The predicted octanol–water partition coefficient (Wildman–Crippen LogP) is 5.76. The van der Waals surface area contributed by atoms with Gasteiger partial charge in [-0.2, -0.15) is 0 Å². The van der Waals surface area contributed by atoms with Gasteiger partial charge in [0, 0.05) is 23.6 Å². The molecular formula is C27H17F3N2O4. The number of rotatable bonds is 4. The Morgan fingerprint density at radius 3 is 2.31 bits per heavy atom. The van der Waals surface area contributed by atoms with E-state index in [4.69, 9.17) is 0 Å². The Kier molecular flexibility index (Phi) is 5.68. The highest BCUT2D eigenvalue weighted by Crippen LogP contribution is 2.42. The summed E-state index contributed by atoms with van der Waals surface area (Å²) in [5.74, 6) is -2.70. The van der Waals surface area contributed by atoms with Crippen LogP contribution in [0.25, 0.3) is 16.5 Å². The van der Waals surface area contributed by atoms with Gasteiger partial charge in [-0.3, -0.25) is 19.5 Å². The van der Waals surface area contributed by atoms with Gasteiger partial charge in [-0.05, 0) is 52.7 Å². The Hall–Kier alpha value is -4.66. The number of carbonyl (C=O) groups excluding carboxylic acids is 2. The minimum atomic E-state index is -4.87. The SMILES string of the molecule is O=C1C(=O)N(c2ccc(OC(F)(F)F)cc2)C(c2cccnc2)/C1=C(/O)c1ccc2ccccc2c1. The second kappa shape index (κ2) is 8.84. The van der Waals surface area contributed by atoms with E-state index in [-0.39, 0.29) is 17.0 Å². The lowest BCUT2D eigenvalue weighted by Gasteiger charge is -2.25. The Labute approximate surface area is 202 Å². The lowest BCUT2D eigenvalue weighted by Crippen LogP contribution is -2.29. The number of nitrogens with zero attached hydrogens (tertiary/aromatic N) is 2. The normalized spacial score (nSPS) is 17.5. The van der Waals surface area contributed by atoms with Crippen molar-refractivity contribution in [3.05, 3.63) is 108 Å². The summed E-state index contributed by atoms with van der Waals surface area (Å²) in [5, 5.41) is 13.0. The molecule has 0 aliphatic carbocycles. The highest BCUT2D eigenvalue weighted by molar-refractivity contribution is 6.51. The van der Waals surface area contributed by atoms with Crippen LogP contribution >= 0.6 is 0 Å². The van der Waals surface area contributed by atoms with Gasteiger partial charge in [-0.25, -0.2) is 0 Å². The fourth-order valence-corrected chi connectivity index (χ4v) is 4.25. The van der Waals surface area contributed by atoms with E-state index in [1.54, 1.807) is 30.3 Å². The lowest BCUT2D eigenvalue weighted by atomic mass is 9.95. The van der Waals surface area contributed by atoms with Crippen LogP contribution in [0.1, 0.15) is 17.2 Å². The number of fused-ring (bicyclic) bond motifs is 1. The topological polar surface area (TPSA) is 79.7 Å². The number of hydrogen-bond acceptors (Lipinski definition) is 5. The fraction of sp³-hybridized carbons (Fsp3) is 0.0741. The fourth-order valence-electron chi connectivity index (χ4n) is 4.25. The van der Waals surface area contributed by atoms with Gasteiger partial charge in [0.2, 0.25) is 0 Å². The standard InChI is InChI=1S/C27H17F3N2O4/c28-27(29,30)36-21-11-9-20(10-12-21)32-23(19-6-3-13-31-15-19)22(25(34)26(32)35)24(33)18-8-7-16-4-1-2-5-17(16)14-18/h1-15,23,33H/b24-22-. The zero-order chi connectivity index (χ0) is 25.4. The van der Waals surface area contributed by atoms with E-state index < -0.39 is 29.8 Å². The number of halogens is 3. The van der Waals surface area contributed by atoms with Crippen molar-refractivity contribution in [1.29, 1.82) is 0 Å². The third-order valence-electron chi connectivity index (χ3n) is 5.82. The summed E-state index contributed by atoms with van der Waals surface area (Å²) in [4.78, 5) is 31.6. The molecule has 0 spiro atoms. The predicted molar refractivity (Wildman–Crippen MR) is 126 cm³/mol. The molecule has 1 amide bonds. The number of anilines is 1. The summed E-state index contributed by atoms with van der Waals surface area (Å²) in [5.41, 5.74) is 0.779. The van der Waals surface area contributed by atoms with Gasteiger partial charge < -0.3 is 9.84 Å². The van der Waals surface area contributed by atoms with Gasteiger partial charge >= 0.3 is 6.36 Å². The van der Waals surface area contributed by atoms with Crippen LogP contribution in [0.5, 0.6) is 5.75 Å². The maximum Gasteiger partial charge on any atom is 0.573 e. The summed E-state index contributed by atoms with van der Waals surface area (Å²) in [6, 6.07) is 19.4. The van der Waals surface area contributed by atoms with Crippen LogP contribution in [0.2, 0.25) is 0 Å². The highest BCUT2D eigenvalue weighted by Gasteiger charge is 2.47. The van der Waals surface area contributed by atoms with Gasteiger partial charge in [0.05, 0.1) is 11.6 Å². The summed E-state index contributed by atoms with van der Waals surface area (Å²) in [7, 11) is 0. The van der Waals surface area contributed by atoms with Crippen LogP contribution in [0, 0.1) is 0 Å². The molecule has 180 valence electrons. The average molecular weight is 490 g/mol. The molecule has 1 N–H and O–H groups in total. The Morgan fingerprint density at radius 2 is 1.64 bits per heavy atom. The second-order valence-corrected chi connectivity index (χ2v) is 8.06. The third-order valence-corrected chi connectivity index (χ3v) is 5.82. The molecule has 3 aromatic carbocycles. The van der Waals surface area contributed by atoms with E-state index >= 15 is 0 Å². The maximum absolute atomic E-state index is 13.2. The quantitative estimate of drug-likeness (QED) is 0.224. The molecule has 0 radical (unpaired) electrons. The van der Waals surface area contributed by atoms with E-state index in [1.807, 2.05) is 24.3 Å². The third kappa shape index (κ3) is 4.26. The van der Waals surface area contributed by atoms with Crippen molar-refractivity contribution < 1.29 is 32.6 Å². The van der Waals surface area contributed by atoms with Gasteiger partial charge in [0.1, 0.15) is 11.5 Å². The molecule has 36 heavy (non-hydrogen) atoms. The molecule has 2 heterocycles. The lowest BCUT2D eigenvalue weighted by molar-refractivity contribution is -0.274. The Morgan fingerprint density at radius 1 is 0.917 bits per heavy atom. The van der Waals surface area contributed by atoms with Gasteiger partial charge in [0.25, 0.3) is 11.7 Å². The molecule has 1 aromatic heterocycles. The van der Waals surface area contributed by atoms with Crippen LogP contribution in [0.3, 0.4) is 0 Å². The van der Waals surface area contributed by atoms with Crippen molar-refractivity contribution in [3.63, 3.8) is 0 Å². The summed E-state index contributed by atoms with van der Waals surface area (Å²) >= 11 is 0. The van der Waals surface area contributed by atoms with Gasteiger partial charge in [0.15, 0.2) is 0 Å². The van der Waals surface area contributed by atoms with Crippen molar-refractivity contribution in [2.45, 2.75) is 12.4 Å². The number of aromatic nitrogens is 1. The monoisotopic (exact) mass is 490 g/mol. The number of aliphatic hydroxyl groups excluding tert-OH is 1. The zero-order valence-corrected chi connectivity index (χ0v) is 18.4. The number of pyridine rings is 1. The molecule has 1 unspecified atom stereocenters. The second-order valence-electron chi connectivity index (χ2n) is 8.06. The zero-order valence-electron chi connectivity index (χ0n) is 18.4. The molecule has 6 nitrogen and oxygen atoms in total. The number of aliphatic hydroxyl groups is 1. The Balaban J connectivity index is 1.64. The molecule has 1 atom stereocenters. The van der Waals surface area contributed by atoms with Gasteiger partial charge in [-0.15, -0.1) is 13.2 Å². The van der Waals surface area contributed by atoms with Crippen LogP contribution in [0.4, 0.5) is 18.9 Å². The molecule has 1 aliphatic rings. The summed E-state index contributed by atoms with van der Waals surface area (Å²) < 4.78 is 41.6. The first-order chi connectivity index (χ1) is 17.2. The first kappa shape index (κ1) is 23.1. The molecular weight excluding hydrogens is 473 g/mol. The number of alkyl halides is 3. The largest absolute Gasteiger partial charge is 0.573 e. The molecule has 1 saturated heterocycles. The van der Waals surface area contributed by atoms with E-state index in [0.717, 1.165) is 27.8 Å². The molecule has 5 rings (SSSR count). The smallest absolute Gasteiger partial charge is 0.507 e. The minimum Gasteiger partial charge on any atom is -0.507 e. The Bertz CT molecular complexity index is 1500. The van der Waals surface area contributed by atoms with E-state index in [1.165, 1.54) is 24.5 Å². The summed E-state index contributed by atoms with van der Waals surface area (Å²) in [6.07, 6.45) is -1.90. The number of amides is 1. The number of Topliss-reactive ketones (excluding diaryl/α,β-unsaturated/α-hetero) is 1. The van der Waals surface area contributed by atoms with E-state index in [0.29, 0.717) is 11.1 Å². The average Bonchev–Trinajstić information content (AvgIpc) is 3.13. The van der Waals surface area contributed by atoms with Crippen molar-refractivity contribution in [1.82, 2.24) is 4.98 Å². The molecule has 0 bridgehead atoms. The van der Waals surface area contributed by atoms with Crippen molar-refractivity contribution in [3.8, 4) is 5.75 Å². The number of carbonyl (C=O) groups is 2. The first-order valence-corrected chi connectivity index (χ1v) is 10.8. The van der Waals surface area contributed by atoms with Crippen LogP contribution in [-0.2, 0) is 9.59 Å². The minimum absolute atomic E-state index is 0.151.